The van der Waals surface area contributed by atoms with Gasteiger partial charge in [0.15, 0.2) is 0 Å². The first-order valence-electron chi connectivity index (χ1n) is 6.69. The molecule has 6 nitrogen and oxygen atoms in total. The Bertz CT molecular complexity index is 709. The van der Waals surface area contributed by atoms with Gasteiger partial charge in [-0.1, -0.05) is 26.0 Å². The van der Waals surface area contributed by atoms with E-state index in [1.165, 1.54) is 23.5 Å². The third-order valence-electron chi connectivity index (χ3n) is 2.94. The van der Waals surface area contributed by atoms with E-state index in [9.17, 15) is 14.9 Å². The molecule has 0 fully saturated rings. The molecule has 22 heavy (non-hydrogen) atoms. The number of ether oxygens (including phenoxy) is 1. The lowest BCUT2D eigenvalue weighted by molar-refractivity contribution is -0.384. The summed E-state index contributed by atoms with van der Waals surface area (Å²) >= 11 is 1.21. The fourth-order valence-electron chi connectivity index (χ4n) is 1.90. The standard InChI is InChI=1S/C15H16N2O4S/c1-9(2)7-21-15(18)13-12(8-22-14(13)16)10-4-3-5-11(6-10)17(19)20/h3-6,8-9H,7,16H2,1-2H3. The van der Waals surface area contributed by atoms with Gasteiger partial charge in [-0.2, -0.15) is 0 Å². The molecule has 0 aliphatic rings. The van der Waals surface area contributed by atoms with Crippen LogP contribution in [-0.4, -0.2) is 17.5 Å². The third kappa shape index (κ3) is 3.43. The number of nitro benzene ring substituents is 1. The quantitative estimate of drug-likeness (QED) is 0.514. The van der Waals surface area contributed by atoms with Crippen molar-refractivity contribution in [3.63, 3.8) is 0 Å². The number of carbonyl (C=O) groups excluding carboxylic acids is 1. The first-order chi connectivity index (χ1) is 10.4. The average molecular weight is 320 g/mol. The van der Waals surface area contributed by atoms with E-state index in [2.05, 4.69) is 0 Å². The molecule has 2 aromatic rings. The number of carbonyl (C=O) groups is 1. The molecule has 0 bridgehead atoms. The van der Waals surface area contributed by atoms with Crippen LogP contribution in [0.1, 0.15) is 24.2 Å². The van der Waals surface area contributed by atoms with Gasteiger partial charge in [-0.25, -0.2) is 4.79 Å². The minimum atomic E-state index is -0.506. The Morgan fingerprint density at radius 3 is 2.82 bits per heavy atom. The molecule has 1 heterocycles. The lowest BCUT2D eigenvalue weighted by Gasteiger charge is -2.09. The Morgan fingerprint density at radius 2 is 2.18 bits per heavy atom. The zero-order valence-electron chi connectivity index (χ0n) is 12.2. The van der Waals surface area contributed by atoms with E-state index < -0.39 is 10.9 Å². The second-order valence-electron chi connectivity index (χ2n) is 5.19. The molecule has 0 aliphatic heterocycles. The highest BCUT2D eigenvalue weighted by atomic mass is 32.1. The molecule has 2 N–H and O–H groups in total. The van der Waals surface area contributed by atoms with Crippen molar-refractivity contribution in [3.8, 4) is 11.1 Å². The summed E-state index contributed by atoms with van der Waals surface area (Å²) in [6.07, 6.45) is 0. The molecule has 0 saturated carbocycles. The van der Waals surface area contributed by atoms with Crippen LogP contribution in [0.4, 0.5) is 10.7 Å². The highest BCUT2D eigenvalue weighted by Gasteiger charge is 2.21. The van der Waals surface area contributed by atoms with Gasteiger partial charge < -0.3 is 10.5 Å². The predicted molar refractivity (Wildman–Crippen MR) is 85.9 cm³/mol. The molecule has 7 heteroatoms. The monoisotopic (exact) mass is 320 g/mol. The molecule has 0 radical (unpaired) electrons. The summed E-state index contributed by atoms with van der Waals surface area (Å²) in [5.74, 6) is -0.293. The number of nitro groups is 1. The van der Waals surface area contributed by atoms with Gasteiger partial charge in [0.25, 0.3) is 5.69 Å². The van der Waals surface area contributed by atoms with Crippen LogP contribution in [0.3, 0.4) is 0 Å². The van der Waals surface area contributed by atoms with Crippen molar-refractivity contribution >= 4 is 28.0 Å². The van der Waals surface area contributed by atoms with Crippen LogP contribution in [0, 0.1) is 16.0 Å². The van der Waals surface area contributed by atoms with Gasteiger partial charge >= 0.3 is 5.97 Å². The number of thiophene rings is 1. The Kier molecular flexibility index (Phi) is 4.77. The van der Waals surface area contributed by atoms with Gasteiger partial charge in [-0.05, 0) is 11.5 Å². The first kappa shape index (κ1) is 16.0. The fourth-order valence-corrected chi connectivity index (χ4v) is 2.71. The molecule has 0 amide bonds. The number of hydrogen-bond acceptors (Lipinski definition) is 6. The second kappa shape index (κ2) is 6.57. The molecule has 0 unspecified atom stereocenters. The topological polar surface area (TPSA) is 95.5 Å². The van der Waals surface area contributed by atoms with E-state index in [4.69, 9.17) is 10.5 Å². The summed E-state index contributed by atoms with van der Waals surface area (Å²) in [5.41, 5.74) is 7.22. The Labute approximate surface area is 131 Å². The van der Waals surface area contributed by atoms with E-state index in [0.29, 0.717) is 22.7 Å². The molecule has 1 aromatic carbocycles. The molecule has 0 saturated heterocycles. The number of nitrogen functional groups attached to an aromatic ring is 1. The van der Waals surface area contributed by atoms with Crippen molar-refractivity contribution in [1.29, 1.82) is 0 Å². The normalized spacial score (nSPS) is 10.7. The number of rotatable bonds is 5. The van der Waals surface area contributed by atoms with Gasteiger partial charge in [0.2, 0.25) is 0 Å². The fraction of sp³-hybridized carbons (Fsp3) is 0.267. The Hall–Kier alpha value is -2.41. The van der Waals surface area contributed by atoms with Crippen LogP contribution in [0.2, 0.25) is 0 Å². The number of non-ortho nitro benzene ring substituents is 1. The smallest absolute Gasteiger partial charge is 0.341 e. The maximum atomic E-state index is 12.2. The summed E-state index contributed by atoms with van der Waals surface area (Å²) in [7, 11) is 0. The van der Waals surface area contributed by atoms with Crippen LogP contribution in [0.5, 0.6) is 0 Å². The number of nitrogens with zero attached hydrogens (tertiary/aromatic N) is 1. The van der Waals surface area contributed by atoms with Crippen molar-refractivity contribution in [1.82, 2.24) is 0 Å². The van der Waals surface area contributed by atoms with Crippen LogP contribution in [-0.2, 0) is 4.74 Å². The van der Waals surface area contributed by atoms with E-state index in [-0.39, 0.29) is 17.2 Å². The molecule has 0 atom stereocenters. The van der Waals surface area contributed by atoms with E-state index in [1.54, 1.807) is 17.5 Å². The summed E-state index contributed by atoms with van der Waals surface area (Å²) < 4.78 is 5.22. The highest BCUT2D eigenvalue weighted by Crippen LogP contribution is 2.35. The van der Waals surface area contributed by atoms with Crippen molar-refractivity contribution in [3.05, 3.63) is 45.3 Å². The van der Waals surface area contributed by atoms with Gasteiger partial charge in [0.1, 0.15) is 10.6 Å². The molecular formula is C15H16N2O4S. The summed E-state index contributed by atoms with van der Waals surface area (Å²) in [6, 6.07) is 6.09. The van der Waals surface area contributed by atoms with E-state index >= 15 is 0 Å². The Balaban J connectivity index is 2.39. The highest BCUT2D eigenvalue weighted by molar-refractivity contribution is 7.14. The zero-order valence-corrected chi connectivity index (χ0v) is 13.1. The number of nitrogens with two attached hydrogens (primary N) is 1. The van der Waals surface area contributed by atoms with Crippen LogP contribution in [0.15, 0.2) is 29.6 Å². The first-order valence-corrected chi connectivity index (χ1v) is 7.57. The lowest BCUT2D eigenvalue weighted by atomic mass is 10.0. The van der Waals surface area contributed by atoms with Gasteiger partial charge in [-0.15, -0.1) is 11.3 Å². The molecule has 0 spiro atoms. The number of benzene rings is 1. The average Bonchev–Trinajstić information content (AvgIpc) is 2.86. The number of esters is 1. The molecule has 0 aliphatic carbocycles. The maximum absolute atomic E-state index is 12.2. The zero-order chi connectivity index (χ0) is 16.3. The van der Waals surface area contributed by atoms with Crippen molar-refractivity contribution in [2.45, 2.75) is 13.8 Å². The minimum Gasteiger partial charge on any atom is -0.462 e. The molecule has 2 rings (SSSR count). The number of hydrogen-bond donors (Lipinski definition) is 1. The predicted octanol–water partition coefficient (Wildman–Crippen LogP) is 3.72. The van der Waals surface area contributed by atoms with E-state index in [0.717, 1.165) is 0 Å². The van der Waals surface area contributed by atoms with Crippen LogP contribution in [0.25, 0.3) is 11.1 Å². The molecular weight excluding hydrogens is 304 g/mol. The minimum absolute atomic E-state index is 0.0382. The second-order valence-corrected chi connectivity index (χ2v) is 6.10. The van der Waals surface area contributed by atoms with Gasteiger partial charge in [-0.3, -0.25) is 10.1 Å². The van der Waals surface area contributed by atoms with Crippen LogP contribution >= 0.6 is 11.3 Å². The lowest BCUT2D eigenvalue weighted by Crippen LogP contribution is -2.11. The van der Waals surface area contributed by atoms with Gasteiger partial charge in [0.05, 0.1) is 11.5 Å². The summed E-state index contributed by atoms with van der Waals surface area (Å²) in [4.78, 5) is 22.6. The van der Waals surface area contributed by atoms with Crippen molar-refractivity contribution in [2.75, 3.05) is 12.3 Å². The van der Waals surface area contributed by atoms with Crippen LogP contribution < -0.4 is 5.73 Å². The van der Waals surface area contributed by atoms with Crippen molar-refractivity contribution in [2.24, 2.45) is 5.92 Å². The summed E-state index contributed by atoms with van der Waals surface area (Å²) in [5, 5.41) is 12.9. The molecule has 1 aromatic heterocycles. The SMILES string of the molecule is CC(C)COC(=O)c1c(-c2cccc([N+](=O)[O-])c2)csc1N. The maximum Gasteiger partial charge on any atom is 0.341 e. The molecule has 116 valence electrons. The summed E-state index contributed by atoms with van der Waals surface area (Å²) in [6.45, 7) is 4.17. The number of anilines is 1. The van der Waals surface area contributed by atoms with Crippen molar-refractivity contribution < 1.29 is 14.5 Å². The largest absolute Gasteiger partial charge is 0.462 e. The van der Waals surface area contributed by atoms with Gasteiger partial charge in [0, 0.05) is 23.1 Å². The Morgan fingerprint density at radius 1 is 1.45 bits per heavy atom. The third-order valence-corrected chi connectivity index (χ3v) is 3.75. The van der Waals surface area contributed by atoms with E-state index in [1.807, 2.05) is 13.8 Å².